The minimum absolute atomic E-state index is 0.0525. The van der Waals surface area contributed by atoms with E-state index in [2.05, 4.69) is 10.6 Å². The van der Waals surface area contributed by atoms with Crippen LogP contribution in [0.4, 0.5) is 11.4 Å². The molecule has 132 valence electrons. The molecule has 5 heteroatoms. The lowest BCUT2D eigenvalue weighted by Crippen LogP contribution is -2.14. The standard InChI is InChI=1S/C20H24N2O2S/c1-14-8-10-16(21-20(24)18-7-4-12-25-18)13-17(14)22-19(23)11-9-15-5-2-3-6-15/h4,7-8,10,12-13,15H,2-3,5-6,9,11H2,1H3,(H,21,24)(H,22,23). The lowest BCUT2D eigenvalue weighted by molar-refractivity contribution is -0.116. The molecular weight excluding hydrogens is 332 g/mol. The van der Waals surface area contributed by atoms with Gasteiger partial charge in [-0.3, -0.25) is 9.59 Å². The van der Waals surface area contributed by atoms with Gasteiger partial charge in [-0.15, -0.1) is 11.3 Å². The van der Waals surface area contributed by atoms with Crippen LogP contribution in [0.5, 0.6) is 0 Å². The number of aryl methyl sites for hydroxylation is 1. The normalized spacial score (nSPS) is 14.4. The Kier molecular flexibility index (Phi) is 5.87. The zero-order valence-electron chi connectivity index (χ0n) is 14.5. The molecule has 2 amide bonds. The fourth-order valence-corrected chi connectivity index (χ4v) is 3.90. The third kappa shape index (κ3) is 4.92. The van der Waals surface area contributed by atoms with Crippen LogP contribution in [0.2, 0.25) is 0 Å². The molecule has 2 N–H and O–H groups in total. The molecular formula is C20H24N2O2S. The summed E-state index contributed by atoms with van der Waals surface area (Å²) in [6.45, 7) is 1.96. The quantitative estimate of drug-likeness (QED) is 0.746. The van der Waals surface area contributed by atoms with E-state index in [4.69, 9.17) is 0 Å². The molecule has 0 radical (unpaired) electrons. The molecule has 1 saturated carbocycles. The Morgan fingerprint density at radius 3 is 2.68 bits per heavy atom. The van der Waals surface area contributed by atoms with Gasteiger partial charge in [0.15, 0.2) is 0 Å². The van der Waals surface area contributed by atoms with E-state index in [1.807, 2.05) is 36.6 Å². The van der Waals surface area contributed by atoms with Crippen LogP contribution in [0, 0.1) is 12.8 Å². The molecule has 1 aliphatic carbocycles. The first-order valence-electron chi connectivity index (χ1n) is 8.87. The molecule has 1 aromatic heterocycles. The first-order chi connectivity index (χ1) is 12.1. The molecule has 0 saturated heterocycles. The molecule has 1 fully saturated rings. The molecule has 0 spiro atoms. The van der Waals surface area contributed by atoms with Crippen molar-refractivity contribution in [2.24, 2.45) is 5.92 Å². The second kappa shape index (κ2) is 8.30. The number of benzene rings is 1. The fraction of sp³-hybridized carbons (Fsp3) is 0.400. The highest BCUT2D eigenvalue weighted by molar-refractivity contribution is 7.12. The van der Waals surface area contributed by atoms with Crippen LogP contribution >= 0.6 is 11.3 Å². The highest BCUT2D eigenvalue weighted by atomic mass is 32.1. The maximum atomic E-state index is 12.2. The first-order valence-corrected chi connectivity index (χ1v) is 9.75. The van der Waals surface area contributed by atoms with Gasteiger partial charge >= 0.3 is 0 Å². The average molecular weight is 356 g/mol. The van der Waals surface area contributed by atoms with E-state index in [0.717, 1.165) is 17.7 Å². The summed E-state index contributed by atoms with van der Waals surface area (Å²) in [6, 6.07) is 9.24. The maximum absolute atomic E-state index is 12.2. The van der Waals surface area contributed by atoms with Crippen molar-refractivity contribution in [2.45, 2.75) is 45.4 Å². The van der Waals surface area contributed by atoms with E-state index in [9.17, 15) is 9.59 Å². The number of rotatable bonds is 6. The van der Waals surface area contributed by atoms with E-state index >= 15 is 0 Å². The summed E-state index contributed by atoms with van der Waals surface area (Å²) in [5, 5.41) is 7.75. The van der Waals surface area contributed by atoms with Crippen LogP contribution in [0.25, 0.3) is 0 Å². The van der Waals surface area contributed by atoms with Gasteiger partial charge in [-0.25, -0.2) is 0 Å². The number of amides is 2. The topological polar surface area (TPSA) is 58.2 Å². The number of hydrogen-bond donors (Lipinski definition) is 2. The lowest BCUT2D eigenvalue weighted by atomic mass is 10.0. The van der Waals surface area contributed by atoms with Gasteiger partial charge in [0, 0.05) is 17.8 Å². The zero-order chi connectivity index (χ0) is 17.6. The Morgan fingerprint density at radius 2 is 1.96 bits per heavy atom. The van der Waals surface area contributed by atoms with E-state index < -0.39 is 0 Å². The Bertz CT molecular complexity index is 734. The molecule has 0 aliphatic heterocycles. The van der Waals surface area contributed by atoms with Gasteiger partial charge in [0.05, 0.1) is 4.88 Å². The first kappa shape index (κ1) is 17.7. The molecule has 1 aliphatic rings. The largest absolute Gasteiger partial charge is 0.326 e. The summed E-state index contributed by atoms with van der Waals surface area (Å²) < 4.78 is 0. The van der Waals surface area contributed by atoms with Crippen molar-refractivity contribution in [1.29, 1.82) is 0 Å². The number of carbonyl (C=O) groups is 2. The van der Waals surface area contributed by atoms with Gasteiger partial charge in [0.1, 0.15) is 0 Å². The maximum Gasteiger partial charge on any atom is 0.265 e. The Balaban J connectivity index is 1.58. The van der Waals surface area contributed by atoms with Gasteiger partial charge in [-0.05, 0) is 48.4 Å². The van der Waals surface area contributed by atoms with Crippen molar-refractivity contribution in [1.82, 2.24) is 0 Å². The molecule has 0 bridgehead atoms. The molecule has 1 aromatic carbocycles. The number of thiophene rings is 1. The van der Waals surface area contributed by atoms with Gasteiger partial charge in [-0.1, -0.05) is 37.8 Å². The number of anilines is 2. The van der Waals surface area contributed by atoms with Crippen molar-refractivity contribution >= 4 is 34.5 Å². The molecule has 2 aromatic rings. The summed E-state index contributed by atoms with van der Waals surface area (Å²) in [5.74, 6) is 0.636. The number of carbonyl (C=O) groups excluding carboxylic acids is 2. The van der Waals surface area contributed by atoms with E-state index in [-0.39, 0.29) is 11.8 Å². The second-order valence-corrected chi connectivity index (χ2v) is 7.65. The summed E-state index contributed by atoms with van der Waals surface area (Å²) >= 11 is 1.41. The Labute approximate surface area is 152 Å². The highest BCUT2D eigenvalue weighted by Crippen LogP contribution is 2.29. The summed E-state index contributed by atoms with van der Waals surface area (Å²) in [7, 11) is 0. The van der Waals surface area contributed by atoms with Crippen LogP contribution in [0.15, 0.2) is 35.7 Å². The molecule has 1 heterocycles. The van der Waals surface area contributed by atoms with Crippen molar-refractivity contribution < 1.29 is 9.59 Å². The van der Waals surface area contributed by atoms with E-state index in [1.165, 1.54) is 37.0 Å². The summed E-state index contributed by atoms with van der Waals surface area (Å²) in [6.07, 6.45) is 6.66. The third-order valence-corrected chi connectivity index (χ3v) is 5.64. The second-order valence-electron chi connectivity index (χ2n) is 6.70. The SMILES string of the molecule is Cc1ccc(NC(=O)c2cccs2)cc1NC(=O)CCC1CCCC1. The van der Waals surface area contributed by atoms with Crippen LogP contribution in [0.1, 0.15) is 53.8 Å². The predicted molar refractivity (Wildman–Crippen MR) is 103 cm³/mol. The zero-order valence-corrected chi connectivity index (χ0v) is 15.3. The Morgan fingerprint density at radius 1 is 1.16 bits per heavy atom. The van der Waals surface area contributed by atoms with Crippen molar-refractivity contribution in [3.8, 4) is 0 Å². The summed E-state index contributed by atoms with van der Waals surface area (Å²) in [4.78, 5) is 25.1. The molecule has 0 atom stereocenters. The van der Waals surface area contributed by atoms with Gasteiger partial charge in [0.2, 0.25) is 5.91 Å². The molecule has 25 heavy (non-hydrogen) atoms. The van der Waals surface area contributed by atoms with Crippen molar-refractivity contribution in [3.05, 3.63) is 46.2 Å². The molecule has 4 nitrogen and oxygen atoms in total. The van der Waals surface area contributed by atoms with Gasteiger partial charge in [-0.2, -0.15) is 0 Å². The fourth-order valence-electron chi connectivity index (χ4n) is 3.28. The monoisotopic (exact) mass is 356 g/mol. The third-order valence-electron chi connectivity index (χ3n) is 4.77. The minimum atomic E-state index is -0.127. The summed E-state index contributed by atoms with van der Waals surface area (Å²) in [5.41, 5.74) is 2.44. The van der Waals surface area contributed by atoms with Crippen molar-refractivity contribution in [2.75, 3.05) is 10.6 Å². The molecule has 0 unspecified atom stereocenters. The average Bonchev–Trinajstić information content (AvgIpc) is 3.29. The number of nitrogens with one attached hydrogen (secondary N) is 2. The highest BCUT2D eigenvalue weighted by Gasteiger charge is 2.16. The van der Waals surface area contributed by atoms with Gasteiger partial charge in [0.25, 0.3) is 5.91 Å². The predicted octanol–water partition coefficient (Wildman–Crippen LogP) is 5.22. The Hall–Kier alpha value is -2.14. The van der Waals surface area contributed by atoms with Crippen LogP contribution in [0.3, 0.4) is 0 Å². The van der Waals surface area contributed by atoms with E-state index in [0.29, 0.717) is 22.9 Å². The lowest BCUT2D eigenvalue weighted by Gasteiger charge is -2.12. The molecule has 3 rings (SSSR count). The van der Waals surface area contributed by atoms with Crippen LogP contribution < -0.4 is 10.6 Å². The van der Waals surface area contributed by atoms with Gasteiger partial charge < -0.3 is 10.6 Å². The van der Waals surface area contributed by atoms with E-state index in [1.54, 1.807) is 6.07 Å². The van der Waals surface area contributed by atoms with Crippen LogP contribution in [-0.4, -0.2) is 11.8 Å². The minimum Gasteiger partial charge on any atom is -0.326 e. The smallest absolute Gasteiger partial charge is 0.265 e. The van der Waals surface area contributed by atoms with Crippen LogP contribution in [-0.2, 0) is 4.79 Å². The van der Waals surface area contributed by atoms with Crippen molar-refractivity contribution in [3.63, 3.8) is 0 Å². The number of hydrogen-bond acceptors (Lipinski definition) is 3.